The molecule has 33 heavy (non-hydrogen) atoms. The first-order valence-electron chi connectivity index (χ1n) is 12.1. The number of ether oxygens (including phenoxy) is 2. The molecule has 0 spiro atoms. The van der Waals surface area contributed by atoms with E-state index in [1.807, 2.05) is 6.07 Å². The van der Waals surface area contributed by atoms with E-state index < -0.39 is 0 Å². The number of nitrogens with zero attached hydrogens (tertiary/aromatic N) is 3. The third-order valence-electron chi connectivity index (χ3n) is 5.69. The predicted molar refractivity (Wildman–Crippen MR) is 133 cm³/mol. The lowest BCUT2D eigenvalue weighted by Crippen LogP contribution is -2.27. The third kappa shape index (κ3) is 9.89. The summed E-state index contributed by atoms with van der Waals surface area (Å²) in [4.78, 5) is 13.8. The van der Waals surface area contributed by atoms with Crippen LogP contribution < -0.4 is 21.7 Å². The molecule has 1 aliphatic rings. The zero-order valence-electron chi connectivity index (χ0n) is 19.8. The van der Waals surface area contributed by atoms with E-state index in [2.05, 4.69) is 62.1 Å². The number of rotatable bonds is 15. The van der Waals surface area contributed by atoms with E-state index in [0.29, 0.717) is 63.4 Å². The van der Waals surface area contributed by atoms with Crippen LogP contribution in [-0.2, 0) is 15.9 Å². The van der Waals surface area contributed by atoms with Crippen molar-refractivity contribution in [2.75, 3.05) is 62.0 Å². The van der Waals surface area contributed by atoms with Crippen molar-refractivity contribution in [2.45, 2.75) is 45.1 Å². The minimum Gasteiger partial charge on any atom is -0.378 e. The molecule has 0 saturated heterocycles. The summed E-state index contributed by atoms with van der Waals surface area (Å²) in [6.07, 6.45) is 5.67. The number of benzene rings is 1. The van der Waals surface area contributed by atoms with Crippen LogP contribution in [0.15, 0.2) is 30.3 Å². The van der Waals surface area contributed by atoms with Crippen LogP contribution in [0.1, 0.15) is 38.2 Å². The standard InChI is InChI=1S/C24H39N7O2/c1-19-7-9-21(10-8-19)28-24-30-22(26-13-11-20-5-3-2-4-6-20)29-23(31-24)27-14-16-33-18-17-32-15-12-25/h2-6,19,21H,7-18,25H2,1H3,(H3,26,27,28,29,30,31). The minimum atomic E-state index is 0.408. The van der Waals surface area contributed by atoms with Gasteiger partial charge in [0.05, 0.1) is 26.4 Å². The van der Waals surface area contributed by atoms with Crippen molar-refractivity contribution in [3.8, 4) is 0 Å². The molecular weight excluding hydrogens is 418 g/mol. The maximum absolute atomic E-state index is 5.58. The van der Waals surface area contributed by atoms with Crippen LogP contribution >= 0.6 is 0 Å². The Balaban J connectivity index is 1.52. The van der Waals surface area contributed by atoms with Gasteiger partial charge in [0.25, 0.3) is 0 Å². The lowest BCUT2D eigenvalue weighted by Gasteiger charge is -2.27. The fraction of sp³-hybridized carbons (Fsp3) is 0.625. The second-order valence-corrected chi connectivity index (χ2v) is 8.51. The highest BCUT2D eigenvalue weighted by Crippen LogP contribution is 2.25. The molecule has 0 aliphatic heterocycles. The number of hydrogen-bond acceptors (Lipinski definition) is 9. The van der Waals surface area contributed by atoms with Gasteiger partial charge in [-0.2, -0.15) is 15.0 Å². The molecule has 182 valence electrons. The Kier molecular flexibility index (Phi) is 11.1. The van der Waals surface area contributed by atoms with Crippen LogP contribution in [0.2, 0.25) is 0 Å². The molecule has 1 saturated carbocycles. The van der Waals surface area contributed by atoms with E-state index in [-0.39, 0.29) is 0 Å². The van der Waals surface area contributed by atoms with Gasteiger partial charge in [0.15, 0.2) is 0 Å². The number of aromatic nitrogens is 3. The predicted octanol–water partition coefficient (Wildman–Crippen LogP) is 2.92. The molecular formula is C24H39N7O2. The summed E-state index contributed by atoms with van der Waals surface area (Å²) in [5.74, 6) is 2.54. The molecule has 1 fully saturated rings. The molecule has 1 heterocycles. The number of nitrogens with one attached hydrogen (secondary N) is 3. The molecule has 5 N–H and O–H groups in total. The molecule has 9 nitrogen and oxygen atoms in total. The van der Waals surface area contributed by atoms with Crippen molar-refractivity contribution >= 4 is 17.8 Å². The maximum atomic E-state index is 5.58. The Morgan fingerprint density at radius 2 is 1.45 bits per heavy atom. The van der Waals surface area contributed by atoms with Crippen molar-refractivity contribution in [3.63, 3.8) is 0 Å². The second kappa shape index (κ2) is 14.6. The molecule has 1 aromatic carbocycles. The van der Waals surface area contributed by atoms with Gasteiger partial charge in [-0.05, 0) is 43.6 Å². The SMILES string of the molecule is CC1CCC(Nc2nc(NCCOCCOCCN)nc(NCCc3ccccc3)n2)CC1. The Morgan fingerprint density at radius 1 is 0.818 bits per heavy atom. The fourth-order valence-corrected chi connectivity index (χ4v) is 3.79. The Labute approximate surface area is 197 Å². The summed E-state index contributed by atoms with van der Waals surface area (Å²) in [5, 5.41) is 10.1. The number of nitrogens with two attached hydrogens (primary N) is 1. The van der Waals surface area contributed by atoms with Gasteiger partial charge in [0.1, 0.15) is 0 Å². The van der Waals surface area contributed by atoms with E-state index in [0.717, 1.165) is 31.7 Å². The topological polar surface area (TPSA) is 119 Å². The third-order valence-corrected chi connectivity index (χ3v) is 5.69. The van der Waals surface area contributed by atoms with Crippen molar-refractivity contribution < 1.29 is 9.47 Å². The summed E-state index contributed by atoms with van der Waals surface area (Å²) < 4.78 is 10.9. The molecule has 0 bridgehead atoms. The normalized spacial score (nSPS) is 18.1. The summed E-state index contributed by atoms with van der Waals surface area (Å²) in [6, 6.07) is 10.8. The van der Waals surface area contributed by atoms with Gasteiger partial charge in [0.2, 0.25) is 17.8 Å². The van der Waals surface area contributed by atoms with Crippen LogP contribution in [0.5, 0.6) is 0 Å². The number of anilines is 3. The van der Waals surface area contributed by atoms with Crippen LogP contribution in [0.4, 0.5) is 17.8 Å². The molecule has 3 rings (SSSR count). The minimum absolute atomic E-state index is 0.408. The quantitative estimate of drug-likeness (QED) is 0.299. The number of hydrogen-bond donors (Lipinski definition) is 4. The summed E-state index contributed by atoms with van der Waals surface area (Å²) in [7, 11) is 0. The van der Waals surface area contributed by atoms with Crippen LogP contribution in [0.3, 0.4) is 0 Å². The van der Waals surface area contributed by atoms with E-state index in [4.69, 9.17) is 15.2 Å². The maximum Gasteiger partial charge on any atom is 0.229 e. The molecule has 0 atom stereocenters. The average Bonchev–Trinajstić information content (AvgIpc) is 2.83. The highest BCUT2D eigenvalue weighted by molar-refractivity contribution is 5.42. The van der Waals surface area contributed by atoms with Gasteiger partial charge >= 0.3 is 0 Å². The monoisotopic (exact) mass is 457 g/mol. The Morgan fingerprint density at radius 3 is 2.15 bits per heavy atom. The van der Waals surface area contributed by atoms with Gasteiger partial charge in [-0.1, -0.05) is 37.3 Å². The van der Waals surface area contributed by atoms with Crippen LogP contribution in [0.25, 0.3) is 0 Å². The lowest BCUT2D eigenvalue weighted by molar-refractivity contribution is 0.0547. The zero-order chi connectivity index (χ0) is 23.1. The smallest absolute Gasteiger partial charge is 0.229 e. The first-order chi connectivity index (χ1) is 16.2. The van der Waals surface area contributed by atoms with Crippen molar-refractivity contribution in [3.05, 3.63) is 35.9 Å². The van der Waals surface area contributed by atoms with E-state index in [9.17, 15) is 0 Å². The van der Waals surface area contributed by atoms with Crippen LogP contribution in [-0.4, -0.2) is 67.1 Å². The molecule has 2 aromatic rings. The lowest BCUT2D eigenvalue weighted by atomic mass is 9.87. The first-order valence-corrected chi connectivity index (χ1v) is 12.1. The Hall–Kier alpha value is -2.49. The van der Waals surface area contributed by atoms with Gasteiger partial charge in [-0.3, -0.25) is 0 Å². The van der Waals surface area contributed by atoms with E-state index in [1.54, 1.807) is 0 Å². The molecule has 1 aromatic heterocycles. The van der Waals surface area contributed by atoms with Gasteiger partial charge in [-0.25, -0.2) is 0 Å². The van der Waals surface area contributed by atoms with Gasteiger partial charge in [-0.15, -0.1) is 0 Å². The van der Waals surface area contributed by atoms with E-state index >= 15 is 0 Å². The first kappa shape index (κ1) is 25.1. The van der Waals surface area contributed by atoms with Crippen LogP contribution in [0, 0.1) is 5.92 Å². The van der Waals surface area contributed by atoms with Crippen molar-refractivity contribution in [1.82, 2.24) is 15.0 Å². The molecule has 9 heteroatoms. The van der Waals surface area contributed by atoms with Crippen molar-refractivity contribution in [1.29, 1.82) is 0 Å². The van der Waals surface area contributed by atoms with E-state index in [1.165, 1.54) is 18.4 Å². The molecule has 0 amide bonds. The highest BCUT2D eigenvalue weighted by Gasteiger charge is 2.19. The average molecular weight is 458 g/mol. The van der Waals surface area contributed by atoms with Gasteiger partial charge < -0.3 is 31.2 Å². The fourth-order valence-electron chi connectivity index (χ4n) is 3.79. The summed E-state index contributed by atoms with van der Waals surface area (Å²) >= 11 is 0. The molecule has 0 unspecified atom stereocenters. The van der Waals surface area contributed by atoms with Gasteiger partial charge in [0, 0.05) is 25.7 Å². The van der Waals surface area contributed by atoms with Crippen molar-refractivity contribution in [2.24, 2.45) is 11.7 Å². The Bertz CT molecular complexity index is 786. The second-order valence-electron chi connectivity index (χ2n) is 8.51. The largest absolute Gasteiger partial charge is 0.378 e. The molecule has 1 aliphatic carbocycles. The molecule has 0 radical (unpaired) electrons. The summed E-state index contributed by atoms with van der Waals surface area (Å²) in [5.41, 5.74) is 6.68. The highest BCUT2D eigenvalue weighted by atomic mass is 16.5. The zero-order valence-corrected chi connectivity index (χ0v) is 19.8. The summed E-state index contributed by atoms with van der Waals surface area (Å²) in [6.45, 7) is 6.39.